The average molecular weight is 349 g/mol. The highest BCUT2D eigenvalue weighted by Crippen LogP contribution is 2.43. The van der Waals surface area contributed by atoms with Crippen LogP contribution >= 0.6 is 15.9 Å². The van der Waals surface area contributed by atoms with Crippen molar-refractivity contribution in [3.8, 4) is 11.5 Å². The Morgan fingerprint density at radius 2 is 2.16 bits per heavy atom. The van der Waals surface area contributed by atoms with Crippen molar-refractivity contribution in [1.82, 2.24) is 0 Å². The lowest BCUT2D eigenvalue weighted by Crippen LogP contribution is -2.14. The predicted octanol–water partition coefficient (Wildman–Crippen LogP) is 1.65. The van der Waals surface area contributed by atoms with Gasteiger partial charge in [-0.3, -0.25) is 0 Å². The largest absolute Gasteiger partial charge is 0.454 e. The summed E-state index contributed by atoms with van der Waals surface area (Å²) in [5.41, 5.74) is 0.651. The summed E-state index contributed by atoms with van der Waals surface area (Å²) in [4.78, 5) is 0. The summed E-state index contributed by atoms with van der Waals surface area (Å²) in [6.07, 6.45) is -0.307. The summed E-state index contributed by atoms with van der Waals surface area (Å²) in [5, 5.41) is 10.3. The van der Waals surface area contributed by atoms with E-state index in [4.69, 9.17) is 9.47 Å². The Morgan fingerprint density at radius 3 is 2.84 bits per heavy atom. The lowest BCUT2D eigenvalue weighted by atomic mass is 9.95. The number of fused-ring (bicyclic) bond motifs is 1. The van der Waals surface area contributed by atoms with Crippen molar-refractivity contribution < 1.29 is 23.0 Å². The van der Waals surface area contributed by atoms with Crippen LogP contribution in [0.3, 0.4) is 0 Å². The maximum atomic E-state index is 11.5. The van der Waals surface area contributed by atoms with E-state index in [-0.39, 0.29) is 24.2 Å². The van der Waals surface area contributed by atoms with Crippen LogP contribution in [0.4, 0.5) is 0 Å². The fourth-order valence-electron chi connectivity index (χ4n) is 2.50. The standard InChI is InChI=1S/C12H13BrO5S/c13-9-3-8(4-10-12(9)18-6-17-10)11(14)7-1-2-19(15,16)5-7/h3-4,7,11,14H,1-2,5-6H2. The molecule has 1 aromatic carbocycles. The van der Waals surface area contributed by atoms with E-state index >= 15 is 0 Å². The van der Waals surface area contributed by atoms with Crippen molar-refractivity contribution in [1.29, 1.82) is 0 Å². The van der Waals surface area contributed by atoms with Crippen LogP contribution in [-0.2, 0) is 9.84 Å². The smallest absolute Gasteiger partial charge is 0.231 e. The van der Waals surface area contributed by atoms with Gasteiger partial charge in [0.25, 0.3) is 0 Å². The minimum absolute atomic E-state index is 0.0419. The molecule has 0 aliphatic carbocycles. The highest BCUT2D eigenvalue weighted by atomic mass is 79.9. The topological polar surface area (TPSA) is 72.8 Å². The third-order valence-electron chi connectivity index (χ3n) is 3.51. The van der Waals surface area contributed by atoms with Gasteiger partial charge in [-0.15, -0.1) is 0 Å². The third kappa shape index (κ3) is 2.46. The maximum absolute atomic E-state index is 11.5. The van der Waals surface area contributed by atoms with Gasteiger partial charge in [0.1, 0.15) is 0 Å². The number of hydrogen-bond acceptors (Lipinski definition) is 5. The van der Waals surface area contributed by atoms with Gasteiger partial charge in [0.05, 0.1) is 22.1 Å². The monoisotopic (exact) mass is 348 g/mol. The molecule has 0 amide bonds. The summed E-state index contributed by atoms with van der Waals surface area (Å²) in [5.74, 6) is 1.14. The molecule has 0 spiro atoms. The number of halogens is 1. The first-order valence-corrected chi connectivity index (χ1v) is 8.55. The van der Waals surface area contributed by atoms with Crippen molar-refractivity contribution in [2.45, 2.75) is 12.5 Å². The van der Waals surface area contributed by atoms with E-state index in [9.17, 15) is 13.5 Å². The van der Waals surface area contributed by atoms with Crippen molar-refractivity contribution >= 4 is 25.8 Å². The Bertz CT molecular complexity index is 613. The van der Waals surface area contributed by atoms with Crippen LogP contribution in [0.25, 0.3) is 0 Å². The zero-order valence-electron chi connectivity index (χ0n) is 10.0. The normalized spacial score (nSPS) is 25.5. The number of aliphatic hydroxyl groups excluding tert-OH is 1. The summed E-state index contributed by atoms with van der Waals surface area (Å²) in [6.45, 7) is 0.158. The molecule has 0 bridgehead atoms. The molecule has 2 aliphatic heterocycles. The van der Waals surface area contributed by atoms with Gasteiger partial charge in [0, 0.05) is 5.92 Å². The van der Waals surface area contributed by atoms with E-state index < -0.39 is 15.9 Å². The zero-order valence-corrected chi connectivity index (χ0v) is 12.4. The van der Waals surface area contributed by atoms with Crippen LogP contribution in [0.1, 0.15) is 18.1 Å². The molecule has 3 rings (SSSR count). The van der Waals surface area contributed by atoms with Crippen molar-refractivity contribution in [3.63, 3.8) is 0 Å². The Balaban J connectivity index is 1.89. The van der Waals surface area contributed by atoms with E-state index in [1.165, 1.54) is 0 Å². The SMILES string of the molecule is O=S1(=O)CCC(C(O)c2cc(Br)c3c(c2)OCO3)C1. The lowest BCUT2D eigenvalue weighted by molar-refractivity contribution is 0.120. The molecule has 2 atom stereocenters. The Hall–Kier alpha value is -0.790. The molecule has 1 N–H and O–H groups in total. The highest BCUT2D eigenvalue weighted by Gasteiger charge is 2.34. The quantitative estimate of drug-likeness (QED) is 0.879. The number of aliphatic hydroxyl groups is 1. The van der Waals surface area contributed by atoms with E-state index in [0.29, 0.717) is 28.0 Å². The minimum atomic E-state index is -3.00. The van der Waals surface area contributed by atoms with Gasteiger partial charge in [-0.2, -0.15) is 0 Å². The summed E-state index contributed by atoms with van der Waals surface area (Å²) in [6, 6.07) is 3.46. The molecule has 19 heavy (non-hydrogen) atoms. The van der Waals surface area contributed by atoms with Crippen molar-refractivity contribution in [2.75, 3.05) is 18.3 Å². The molecule has 0 aromatic heterocycles. The Kier molecular flexibility index (Phi) is 3.23. The molecule has 1 saturated heterocycles. The second-order valence-corrected chi connectivity index (χ2v) is 7.93. The van der Waals surface area contributed by atoms with Crippen LogP contribution in [-0.4, -0.2) is 31.8 Å². The van der Waals surface area contributed by atoms with Crippen LogP contribution < -0.4 is 9.47 Å². The van der Waals surface area contributed by atoms with E-state index in [0.717, 1.165) is 0 Å². The molecule has 1 fully saturated rings. The molecule has 0 saturated carbocycles. The first-order valence-electron chi connectivity index (χ1n) is 5.94. The molecule has 1 aromatic rings. The van der Waals surface area contributed by atoms with E-state index in [1.54, 1.807) is 12.1 Å². The van der Waals surface area contributed by atoms with Gasteiger partial charge < -0.3 is 14.6 Å². The fraction of sp³-hybridized carbons (Fsp3) is 0.500. The van der Waals surface area contributed by atoms with Gasteiger partial charge in [-0.25, -0.2) is 8.42 Å². The van der Waals surface area contributed by atoms with E-state index in [1.807, 2.05) is 0 Å². The van der Waals surface area contributed by atoms with Crippen molar-refractivity contribution in [3.05, 3.63) is 22.2 Å². The average Bonchev–Trinajstić information content (AvgIpc) is 2.94. The number of ether oxygens (including phenoxy) is 2. The number of benzene rings is 1. The Morgan fingerprint density at radius 1 is 1.37 bits per heavy atom. The van der Waals surface area contributed by atoms with Gasteiger partial charge in [-0.05, 0) is 40.0 Å². The van der Waals surface area contributed by atoms with Crippen LogP contribution in [0.2, 0.25) is 0 Å². The Labute approximate surface area is 119 Å². The highest BCUT2D eigenvalue weighted by molar-refractivity contribution is 9.10. The van der Waals surface area contributed by atoms with Gasteiger partial charge in [-0.1, -0.05) is 0 Å². The van der Waals surface area contributed by atoms with Crippen LogP contribution in [0, 0.1) is 5.92 Å². The summed E-state index contributed by atoms with van der Waals surface area (Å²) >= 11 is 3.36. The minimum Gasteiger partial charge on any atom is -0.454 e. The zero-order chi connectivity index (χ0) is 13.6. The summed E-state index contributed by atoms with van der Waals surface area (Å²) < 4.78 is 34.2. The first kappa shape index (κ1) is 13.2. The molecular weight excluding hydrogens is 336 g/mol. The fourth-order valence-corrected chi connectivity index (χ4v) is 4.91. The van der Waals surface area contributed by atoms with Crippen molar-refractivity contribution in [2.24, 2.45) is 5.92 Å². The third-order valence-corrected chi connectivity index (χ3v) is 5.89. The summed E-state index contributed by atoms with van der Waals surface area (Å²) in [7, 11) is -3.00. The maximum Gasteiger partial charge on any atom is 0.231 e. The van der Waals surface area contributed by atoms with Crippen LogP contribution in [0.5, 0.6) is 11.5 Å². The molecule has 7 heteroatoms. The molecule has 2 aliphatic rings. The molecule has 2 unspecified atom stereocenters. The van der Waals surface area contributed by atoms with Gasteiger partial charge >= 0.3 is 0 Å². The lowest BCUT2D eigenvalue weighted by Gasteiger charge is -2.17. The van der Waals surface area contributed by atoms with Crippen LogP contribution in [0.15, 0.2) is 16.6 Å². The van der Waals surface area contributed by atoms with E-state index in [2.05, 4.69) is 15.9 Å². The van der Waals surface area contributed by atoms with Gasteiger partial charge in [0.2, 0.25) is 6.79 Å². The molecule has 5 nitrogen and oxygen atoms in total. The molecule has 0 radical (unpaired) electrons. The molecular formula is C12H13BrO5S. The molecule has 104 valence electrons. The second kappa shape index (κ2) is 4.64. The number of hydrogen-bond donors (Lipinski definition) is 1. The number of rotatable bonds is 2. The van der Waals surface area contributed by atoms with Gasteiger partial charge in [0.15, 0.2) is 21.3 Å². The second-order valence-electron chi connectivity index (χ2n) is 4.84. The molecule has 2 heterocycles. The predicted molar refractivity (Wildman–Crippen MR) is 72.0 cm³/mol. The first-order chi connectivity index (χ1) is 8.96. The number of sulfone groups is 1.